The number of hydrogen-bond donors (Lipinski definition) is 2. The maximum atomic E-state index is 10.3. The molecule has 0 aromatic rings. The third kappa shape index (κ3) is 3.78. The maximum Gasteiger partial charge on any atom is 0.324 e. The molecule has 0 rings (SSSR count). The molecule has 0 amide bonds. The minimum atomic E-state index is -0.963. The van der Waals surface area contributed by atoms with Gasteiger partial charge in [0.15, 0.2) is 0 Å². The molecule has 0 aliphatic carbocycles. The molecule has 0 bridgehead atoms. The lowest BCUT2D eigenvalue weighted by molar-refractivity contribution is -0.137. The molecule has 3 nitrogen and oxygen atoms in total. The third-order valence-corrected chi connectivity index (χ3v) is 1.51. The SMILES string of the molecule is CCCC=C(C)C(N)C(=O)O. The van der Waals surface area contributed by atoms with E-state index in [9.17, 15) is 4.79 Å². The molecule has 0 heterocycles. The largest absolute Gasteiger partial charge is 0.480 e. The van der Waals surface area contributed by atoms with E-state index in [0.717, 1.165) is 18.4 Å². The number of carboxylic acid groups (broad SMARTS) is 1. The Hall–Kier alpha value is -0.830. The smallest absolute Gasteiger partial charge is 0.324 e. The number of rotatable bonds is 4. The molecule has 0 aliphatic rings. The zero-order valence-corrected chi connectivity index (χ0v) is 7.00. The molecular weight excluding hydrogens is 142 g/mol. The first-order valence-electron chi connectivity index (χ1n) is 3.74. The molecule has 11 heavy (non-hydrogen) atoms. The Morgan fingerprint density at radius 2 is 2.27 bits per heavy atom. The summed E-state index contributed by atoms with van der Waals surface area (Å²) >= 11 is 0. The zero-order valence-electron chi connectivity index (χ0n) is 7.00. The van der Waals surface area contributed by atoms with Gasteiger partial charge in [-0.15, -0.1) is 0 Å². The highest BCUT2D eigenvalue weighted by Gasteiger charge is 2.11. The van der Waals surface area contributed by atoms with Crippen molar-refractivity contribution >= 4 is 5.97 Å². The van der Waals surface area contributed by atoms with E-state index in [0.29, 0.717) is 0 Å². The van der Waals surface area contributed by atoms with Crippen molar-refractivity contribution in [1.29, 1.82) is 0 Å². The standard InChI is InChI=1S/C8H15NO2/c1-3-4-5-6(2)7(9)8(10)11/h5,7H,3-4,9H2,1-2H3,(H,10,11). The van der Waals surface area contributed by atoms with E-state index in [1.54, 1.807) is 6.92 Å². The first-order valence-corrected chi connectivity index (χ1v) is 3.74. The average Bonchev–Trinajstić information content (AvgIpc) is 1.98. The maximum absolute atomic E-state index is 10.3. The lowest BCUT2D eigenvalue weighted by atomic mass is 10.1. The van der Waals surface area contributed by atoms with Gasteiger partial charge in [-0.3, -0.25) is 4.79 Å². The van der Waals surface area contributed by atoms with Gasteiger partial charge in [-0.1, -0.05) is 19.4 Å². The highest BCUT2D eigenvalue weighted by Crippen LogP contribution is 2.01. The summed E-state index contributed by atoms with van der Waals surface area (Å²) in [7, 11) is 0. The lowest BCUT2D eigenvalue weighted by Gasteiger charge is -2.05. The van der Waals surface area contributed by atoms with Gasteiger partial charge in [-0.25, -0.2) is 0 Å². The molecule has 0 aromatic heterocycles. The van der Waals surface area contributed by atoms with Crippen LogP contribution in [-0.2, 0) is 4.79 Å². The van der Waals surface area contributed by atoms with Crippen LogP contribution in [0.4, 0.5) is 0 Å². The minimum absolute atomic E-state index is 0.736. The topological polar surface area (TPSA) is 63.3 Å². The van der Waals surface area contributed by atoms with E-state index in [4.69, 9.17) is 10.8 Å². The fourth-order valence-electron chi connectivity index (χ4n) is 0.694. The Balaban J connectivity index is 4.00. The van der Waals surface area contributed by atoms with Gasteiger partial charge < -0.3 is 10.8 Å². The highest BCUT2D eigenvalue weighted by atomic mass is 16.4. The molecule has 0 aliphatic heterocycles. The summed E-state index contributed by atoms with van der Waals surface area (Å²) in [5.74, 6) is -0.963. The van der Waals surface area contributed by atoms with Crippen LogP contribution < -0.4 is 5.73 Å². The van der Waals surface area contributed by atoms with E-state index < -0.39 is 12.0 Å². The van der Waals surface area contributed by atoms with Crippen LogP contribution in [0.25, 0.3) is 0 Å². The summed E-state index contributed by atoms with van der Waals surface area (Å²) < 4.78 is 0. The molecule has 3 N–H and O–H groups in total. The lowest BCUT2D eigenvalue weighted by Crippen LogP contribution is -2.31. The highest BCUT2D eigenvalue weighted by molar-refractivity contribution is 5.76. The number of carbonyl (C=O) groups is 1. The number of unbranched alkanes of at least 4 members (excludes halogenated alkanes) is 1. The van der Waals surface area contributed by atoms with E-state index in [1.165, 1.54) is 0 Å². The van der Waals surface area contributed by atoms with Gasteiger partial charge in [0, 0.05) is 0 Å². The Labute approximate surface area is 66.9 Å². The van der Waals surface area contributed by atoms with Crippen LogP contribution in [0.1, 0.15) is 26.7 Å². The molecule has 1 atom stereocenters. The number of carboxylic acids is 1. The van der Waals surface area contributed by atoms with Gasteiger partial charge in [-0.05, 0) is 18.9 Å². The summed E-state index contributed by atoms with van der Waals surface area (Å²) in [6, 6.07) is -0.832. The fourth-order valence-corrected chi connectivity index (χ4v) is 0.694. The Kier molecular flexibility index (Phi) is 4.54. The van der Waals surface area contributed by atoms with Crippen LogP contribution in [0.15, 0.2) is 11.6 Å². The summed E-state index contributed by atoms with van der Waals surface area (Å²) in [5.41, 5.74) is 6.07. The number of aliphatic carboxylic acids is 1. The van der Waals surface area contributed by atoms with Crippen molar-refractivity contribution in [3.05, 3.63) is 11.6 Å². The van der Waals surface area contributed by atoms with E-state index in [2.05, 4.69) is 0 Å². The van der Waals surface area contributed by atoms with Crippen LogP contribution in [0.2, 0.25) is 0 Å². The van der Waals surface area contributed by atoms with Gasteiger partial charge in [0.1, 0.15) is 6.04 Å². The summed E-state index contributed by atoms with van der Waals surface area (Å²) in [6.45, 7) is 3.78. The normalized spacial score (nSPS) is 14.6. The predicted octanol–water partition coefficient (Wildman–Crippen LogP) is 1.14. The van der Waals surface area contributed by atoms with Crippen LogP contribution in [0.3, 0.4) is 0 Å². The first kappa shape index (κ1) is 10.2. The van der Waals surface area contributed by atoms with Gasteiger partial charge in [0.2, 0.25) is 0 Å². The van der Waals surface area contributed by atoms with Crippen LogP contribution in [-0.4, -0.2) is 17.1 Å². The number of allylic oxidation sites excluding steroid dienone is 1. The molecule has 3 heteroatoms. The Morgan fingerprint density at radius 3 is 2.64 bits per heavy atom. The average molecular weight is 157 g/mol. The minimum Gasteiger partial charge on any atom is -0.480 e. The van der Waals surface area contributed by atoms with E-state index in [1.807, 2.05) is 13.0 Å². The van der Waals surface area contributed by atoms with E-state index >= 15 is 0 Å². The van der Waals surface area contributed by atoms with Crippen molar-refractivity contribution < 1.29 is 9.90 Å². The molecular formula is C8H15NO2. The third-order valence-electron chi connectivity index (χ3n) is 1.51. The quantitative estimate of drug-likeness (QED) is 0.601. The molecule has 64 valence electrons. The fraction of sp³-hybridized carbons (Fsp3) is 0.625. The van der Waals surface area contributed by atoms with Gasteiger partial charge in [0.05, 0.1) is 0 Å². The zero-order chi connectivity index (χ0) is 8.85. The van der Waals surface area contributed by atoms with Crippen molar-refractivity contribution in [2.75, 3.05) is 0 Å². The number of nitrogens with two attached hydrogens (primary N) is 1. The van der Waals surface area contributed by atoms with Crippen molar-refractivity contribution in [1.82, 2.24) is 0 Å². The van der Waals surface area contributed by atoms with Crippen molar-refractivity contribution in [2.24, 2.45) is 5.73 Å². The predicted molar refractivity (Wildman–Crippen MR) is 44.3 cm³/mol. The molecule has 1 unspecified atom stereocenters. The molecule has 0 spiro atoms. The molecule has 0 aromatic carbocycles. The summed E-state index contributed by atoms with van der Waals surface area (Å²) in [6.07, 6.45) is 3.79. The molecule has 0 radical (unpaired) electrons. The molecule has 0 saturated carbocycles. The summed E-state index contributed by atoms with van der Waals surface area (Å²) in [4.78, 5) is 10.3. The molecule has 0 saturated heterocycles. The second-order valence-corrected chi connectivity index (χ2v) is 2.55. The Morgan fingerprint density at radius 1 is 1.73 bits per heavy atom. The second kappa shape index (κ2) is 4.91. The first-order chi connectivity index (χ1) is 5.09. The van der Waals surface area contributed by atoms with Crippen molar-refractivity contribution in [2.45, 2.75) is 32.7 Å². The monoisotopic (exact) mass is 157 g/mol. The number of hydrogen-bond acceptors (Lipinski definition) is 2. The van der Waals surface area contributed by atoms with Gasteiger partial charge >= 0.3 is 5.97 Å². The Bertz CT molecular complexity index is 163. The van der Waals surface area contributed by atoms with Crippen LogP contribution in [0.5, 0.6) is 0 Å². The van der Waals surface area contributed by atoms with Crippen LogP contribution in [0, 0.1) is 0 Å². The van der Waals surface area contributed by atoms with Gasteiger partial charge in [0.25, 0.3) is 0 Å². The second-order valence-electron chi connectivity index (χ2n) is 2.55. The van der Waals surface area contributed by atoms with E-state index in [-0.39, 0.29) is 0 Å². The van der Waals surface area contributed by atoms with Gasteiger partial charge in [-0.2, -0.15) is 0 Å². The van der Waals surface area contributed by atoms with Crippen molar-refractivity contribution in [3.8, 4) is 0 Å². The molecule has 0 fully saturated rings. The van der Waals surface area contributed by atoms with Crippen molar-refractivity contribution in [3.63, 3.8) is 0 Å². The summed E-state index contributed by atoms with van der Waals surface area (Å²) in [5, 5.41) is 8.49. The van der Waals surface area contributed by atoms with Crippen LogP contribution >= 0.6 is 0 Å².